The molecule has 10 aromatic rings. The minimum absolute atomic E-state index is 0.0118. The Bertz CT molecular complexity index is 5260. The SMILES string of the molecule is C=CCO[C@H]1O[C@H](CO[C@@H]2O[C@@H](COCc3ccccc3)[C@H](OCc3ccccc3)[C@@H](OCc3ccccc3)[C@H]2O[C@H]2O[C@H](CO[Si](C(C)C)(C(C)C)C(C)C)[C@@H](OCc3ccccc3)[C@H](OCc3ccccc3)[C@@H]2OCc2ccccc2)[C@H](O[C@@H]2O[C@H](COCc3ccccc3)[C@H](OCc3ccccc3)[C@H](OCc3ccccc3)[C@H]2NC(=O)C(Cl)(Cl)Cl)[C@@H](OCc2ccccc2)[C@@H]1OC(=O)CCC(C)=O. The normalized spacial score (nSPS) is 24.9. The molecule has 0 aliphatic carbocycles. The number of Topliss-reactive ketones (excluding diaryl/α,β-unsaturated/α-hetero) is 1. The van der Waals surface area contributed by atoms with E-state index in [0.29, 0.717) is 5.56 Å². The standard InChI is InChI=1S/C113H132Cl3NO23Si/c1-9-62-123-109-106(138-95(119)61-60-80(8)118)104(130-71-89-56-36-18-37-57-89)100(139-108-96(117-112(120)113(114,115)116)101(127-68-86-50-30-15-31-51-86)97(124-65-83-44-24-12-25-45-83)91(134-108)73-121-63-81-40-20-10-21-41-81)93(136-109)75-132-110-107(103(129-70-88-54-34-17-35-55-88)98(125-66-84-46-26-13-27-47-84)92(135-110)74-122-64-82-42-22-11-23-43-82)140-111-105(131-72-90-58-38-19-39-59-90)102(128-69-87-52-32-16-33-53-87)99(126-67-85-48-28-14-29-49-85)94(137-111)76-133-141(77(2)3,78(4)5)79(6)7/h9-59,77-79,91-94,96-111H,1,60-76H2,2-8H3,(H,117,120)/t91-,92+,93-,94-,96-,97+,98+,99-,100+,101-,102+,103-,104-,105+,106+,107-,108+,109+,110-,111-/m1/s1. The van der Waals surface area contributed by atoms with Gasteiger partial charge in [-0.05, 0) is 79.2 Å². The first-order valence-corrected chi connectivity index (χ1v) is 51.9. The van der Waals surface area contributed by atoms with Crippen LogP contribution in [0.3, 0.4) is 0 Å². The molecule has 24 nitrogen and oxygen atoms in total. The van der Waals surface area contributed by atoms with Crippen molar-refractivity contribution in [3.8, 4) is 0 Å². The molecule has 10 aromatic carbocycles. The van der Waals surface area contributed by atoms with Crippen LogP contribution in [0.15, 0.2) is 316 Å². The first-order valence-electron chi connectivity index (χ1n) is 48.6. The van der Waals surface area contributed by atoms with Crippen LogP contribution in [0.4, 0.5) is 0 Å². The fraction of sp³-hybridized carbons (Fsp3) is 0.425. The zero-order chi connectivity index (χ0) is 98.7. The average Bonchev–Trinajstić information content (AvgIpc) is 0.759. The summed E-state index contributed by atoms with van der Waals surface area (Å²) in [7, 11) is -2.78. The topological polar surface area (TPSA) is 248 Å². The number of halogens is 3. The third-order valence-corrected chi connectivity index (χ3v) is 32.2. The van der Waals surface area contributed by atoms with Crippen molar-refractivity contribution in [3.63, 3.8) is 0 Å². The number of hydrogen-bond donors (Lipinski definition) is 1. The number of hydrogen-bond acceptors (Lipinski definition) is 23. The van der Waals surface area contributed by atoms with E-state index in [0.717, 1.165) is 50.1 Å². The van der Waals surface area contributed by atoms with Crippen LogP contribution in [0.5, 0.6) is 0 Å². The molecule has 0 aromatic heterocycles. The molecule has 14 rings (SSSR count). The highest BCUT2D eigenvalue weighted by molar-refractivity contribution is 6.77. The molecule has 4 fully saturated rings. The largest absolute Gasteiger partial charge is 0.454 e. The summed E-state index contributed by atoms with van der Waals surface area (Å²) in [4.78, 5) is 42.9. The number of ketones is 1. The first-order chi connectivity index (χ1) is 68.6. The van der Waals surface area contributed by atoms with Gasteiger partial charge in [0.1, 0.15) is 97.3 Å². The number of carbonyl (C=O) groups is 3. The Morgan fingerprint density at radius 3 is 0.957 bits per heavy atom. The van der Waals surface area contributed by atoms with Crippen molar-refractivity contribution < 1.29 is 109 Å². The van der Waals surface area contributed by atoms with Gasteiger partial charge in [0.2, 0.25) is 0 Å². The number of esters is 1. The van der Waals surface area contributed by atoms with E-state index in [-0.39, 0.29) is 128 Å². The van der Waals surface area contributed by atoms with E-state index in [4.69, 9.17) is 129 Å². The lowest BCUT2D eigenvalue weighted by Crippen LogP contribution is -2.70. The maximum Gasteiger partial charge on any atom is 0.306 e. The van der Waals surface area contributed by atoms with Crippen molar-refractivity contribution in [3.05, 3.63) is 372 Å². The van der Waals surface area contributed by atoms with E-state index in [1.165, 1.54) is 13.0 Å². The number of rotatable bonds is 53. The van der Waals surface area contributed by atoms with Crippen LogP contribution < -0.4 is 5.32 Å². The minimum Gasteiger partial charge on any atom is -0.454 e. The molecule has 0 bridgehead atoms. The molecule has 4 aliphatic rings. The molecule has 141 heavy (non-hydrogen) atoms. The third-order valence-electron chi connectivity index (χ3n) is 25.6. The maximum absolute atomic E-state index is 15.1. The summed E-state index contributed by atoms with van der Waals surface area (Å²) in [6, 6.07) is 95.4. The summed E-state index contributed by atoms with van der Waals surface area (Å²) in [6.45, 7) is 18.3. The highest BCUT2D eigenvalue weighted by atomic mass is 35.6. The molecular formula is C113H132Cl3NO23Si. The number of alkyl halides is 3. The lowest BCUT2D eigenvalue weighted by atomic mass is 9.94. The van der Waals surface area contributed by atoms with Crippen LogP contribution in [0, 0.1) is 0 Å². The predicted octanol–water partition coefficient (Wildman–Crippen LogP) is 20.3. The Hall–Kier alpha value is -9.12. The van der Waals surface area contributed by atoms with E-state index in [2.05, 4.69) is 53.4 Å². The van der Waals surface area contributed by atoms with Gasteiger partial charge >= 0.3 is 5.97 Å². The molecule has 4 heterocycles. The molecule has 1 amide bonds. The molecule has 0 saturated carbocycles. The highest BCUT2D eigenvalue weighted by Gasteiger charge is 2.60. The Labute approximate surface area is 844 Å². The molecule has 4 saturated heterocycles. The van der Waals surface area contributed by atoms with Crippen molar-refractivity contribution in [2.45, 2.75) is 271 Å². The van der Waals surface area contributed by atoms with Gasteiger partial charge in [-0.2, -0.15) is 0 Å². The van der Waals surface area contributed by atoms with Crippen LogP contribution in [0.1, 0.15) is 117 Å². The summed E-state index contributed by atoms with van der Waals surface area (Å²) in [5, 5.41) is 3.00. The molecule has 1 N–H and O–H groups in total. The predicted molar refractivity (Wildman–Crippen MR) is 538 cm³/mol. The zero-order valence-corrected chi connectivity index (χ0v) is 84.2. The summed E-state index contributed by atoms with van der Waals surface area (Å²) >= 11 is 20.1. The molecule has 20 atom stereocenters. The van der Waals surface area contributed by atoms with Crippen LogP contribution in [-0.2, 0) is 175 Å². The van der Waals surface area contributed by atoms with Gasteiger partial charge in [0, 0.05) is 6.42 Å². The molecule has 0 unspecified atom stereocenters. The van der Waals surface area contributed by atoms with Crippen molar-refractivity contribution in [2.24, 2.45) is 0 Å². The molecule has 0 spiro atoms. The lowest BCUT2D eigenvalue weighted by Gasteiger charge is -2.51. The summed E-state index contributed by atoms with van der Waals surface area (Å²) in [5.74, 6) is -2.18. The number of benzene rings is 10. The summed E-state index contributed by atoms with van der Waals surface area (Å²) < 4.78 is 145. The van der Waals surface area contributed by atoms with Crippen molar-refractivity contribution in [1.82, 2.24) is 5.32 Å². The van der Waals surface area contributed by atoms with Crippen LogP contribution in [0.2, 0.25) is 16.6 Å². The van der Waals surface area contributed by atoms with E-state index in [1.807, 2.05) is 303 Å². The van der Waals surface area contributed by atoms with Gasteiger partial charge in [-0.25, -0.2) is 0 Å². The second-order valence-corrected chi connectivity index (χ2v) is 44.4. The molecule has 752 valence electrons. The van der Waals surface area contributed by atoms with E-state index in [1.54, 1.807) is 0 Å². The van der Waals surface area contributed by atoms with E-state index >= 15 is 4.79 Å². The second-order valence-electron chi connectivity index (χ2n) is 36.7. The maximum atomic E-state index is 15.1. The Morgan fingerprint density at radius 2 is 0.610 bits per heavy atom. The first kappa shape index (κ1) is 108. The van der Waals surface area contributed by atoms with Gasteiger partial charge in [0.25, 0.3) is 9.70 Å². The number of amides is 1. The van der Waals surface area contributed by atoms with Gasteiger partial charge in [-0.3, -0.25) is 9.59 Å². The molecule has 28 heteroatoms. The van der Waals surface area contributed by atoms with Crippen molar-refractivity contribution in [1.29, 1.82) is 0 Å². The molecule has 4 aliphatic heterocycles. The van der Waals surface area contributed by atoms with Crippen molar-refractivity contribution in [2.75, 3.05) is 33.0 Å². The monoisotopic (exact) mass is 2000 g/mol. The number of ether oxygens (including phenoxy) is 19. The van der Waals surface area contributed by atoms with Crippen molar-refractivity contribution >= 4 is 60.8 Å². The molecular weight excluding hydrogens is 1870 g/mol. The van der Waals surface area contributed by atoms with Gasteiger partial charge in [-0.15, -0.1) is 6.58 Å². The smallest absolute Gasteiger partial charge is 0.306 e. The Morgan fingerprint density at radius 1 is 0.326 bits per heavy atom. The van der Waals surface area contributed by atoms with Gasteiger partial charge in [0.05, 0.1) is 106 Å². The summed E-state index contributed by atoms with van der Waals surface area (Å²) in [5.41, 5.74) is 8.63. The Kier molecular flexibility index (Phi) is 42.2. The van der Waals surface area contributed by atoms with Gasteiger partial charge in [-0.1, -0.05) is 386 Å². The fourth-order valence-corrected chi connectivity index (χ4v) is 24.3. The molecule has 0 radical (unpaired) electrons. The van der Waals surface area contributed by atoms with Gasteiger partial charge in [0.15, 0.2) is 39.6 Å². The average molecular weight is 2010 g/mol. The van der Waals surface area contributed by atoms with E-state index < -0.39 is 153 Å². The minimum atomic E-state index is -2.78. The third kappa shape index (κ3) is 31.5. The van der Waals surface area contributed by atoms with Crippen LogP contribution >= 0.6 is 34.8 Å². The highest BCUT2D eigenvalue weighted by Crippen LogP contribution is 2.46. The van der Waals surface area contributed by atoms with Crippen LogP contribution in [-0.4, -0.2) is 186 Å². The lowest BCUT2D eigenvalue weighted by molar-refractivity contribution is -0.390. The van der Waals surface area contributed by atoms with Crippen LogP contribution in [0.25, 0.3) is 0 Å². The summed E-state index contributed by atoms with van der Waals surface area (Å²) in [6.07, 6.45) is -24.1. The van der Waals surface area contributed by atoms with E-state index in [9.17, 15) is 9.59 Å². The van der Waals surface area contributed by atoms with Gasteiger partial charge < -0.3 is 105 Å². The number of carbonyl (C=O) groups excluding carboxylic acids is 3. The Balaban J connectivity index is 0.961. The number of nitrogens with one attached hydrogen (secondary N) is 1. The zero-order valence-electron chi connectivity index (χ0n) is 81.0. The quantitative estimate of drug-likeness (QED) is 0.0161. The second kappa shape index (κ2) is 55.3. The fourth-order valence-electron chi connectivity index (χ4n) is 18.7.